The van der Waals surface area contributed by atoms with Gasteiger partial charge in [-0.1, -0.05) is 48.5 Å². The highest BCUT2D eigenvalue weighted by Gasteiger charge is 2.25. The molecule has 2 heterocycles. The number of ether oxygens (including phenoxy) is 1. The second kappa shape index (κ2) is 6.82. The average Bonchev–Trinajstić information content (AvgIpc) is 3.04. The van der Waals surface area contributed by atoms with Gasteiger partial charge in [-0.05, 0) is 18.6 Å². The number of rotatable bonds is 4. The third-order valence-electron chi connectivity index (χ3n) is 4.90. The predicted octanol–water partition coefficient (Wildman–Crippen LogP) is 3.74. The van der Waals surface area contributed by atoms with Crippen molar-refractivity contribution >= 4 is 16.7 Å². The van der Waals surface area contributed by atoms with E-state index in [4.69, 9.17) is 4.74 Å². The van der Waals surface area contributed by atoms with Crippen LogP contribution in [0.3, 0.4) is 0 Å². The molecule has 1 aliphatic rings. The van der Waals surface area contributed by atoms with Crippen molar-refractivity contribution in [2.24, 2.45) is 0 Å². The Balaban J connectivity index is 1.75. The van der Waals surface area contributed by atoms with Gasteiger partial charge in [-0.3, -0.25) is 9.69 Å². The van der Waals surface area contributed by atoms with Crippen LogP contribution in [-0.4, -0.2) is 48.0 Å². The molecule has 1 fully saturated rings. The minimum atomic E-state index is 0.157. The standard InChI is InChI=1S/C21H22N2O2/c1-15-14-25-12-11-23(15)13-19(24)20-17-9-5-6-10-18(17)22-21(20)16-7-3-2-4-8-16/h2-10,15,22H,11-14H2,1H3/t15-/m1/s1. The number of Topliss-reactive ketones (excluding diaryl/α,β-unsaturated/α-hetero) is 1. The van der Waals surface area contributed by atoms with Crippen molar-refractivity contribution in [1.29, 1.82) is 0 Å². The molecule has 0 unspecified atom stereocenters. The lowest BCUT2D eigenvalue weighted by atomic mass is 10.0. The molecule has 1 saturated heterocycles. The molecule has 0 aliphatic carbocycles. The van der Waals surface area contributed by atoms with Crippen molar-refractivity contribution in [3.63, 3.8) is 0 Å². The molecule has 25 heavy (non-hydrogen) atoms. The van der Waals surface area contributed by atoms with Crippen LogP contribution in [0.1, 0.15) is 17.3 Å². The number of fused-ring (bicyclic) bond motifs is 1. The Kier molecular flexibility index (Phi) is 4.38. The summed E-state index contributed by atoms with van der Waals surface area (Å²) < 4.78 is 5.49. The van der Waals surface area contributed by atoms with Gasteiger partial charge in [0.15, 0.2) is 5.78 Å². The van der Waals surface area contributed by atoms with E-state index in [1.807, 2.05) is 54.6 Å². The number of carbonyl (C=O) groups is 1. The van der Waals surface area contributed by atoms with Crippen molar-refractivity contribution in [3.05, 3.63) is 60.2 Å². The number of hydrogen-bond acceptors (Lipinski definition) is 3. The highest BCUT2D eigenvalue weighted by Crippen LogP contribution is 2.31. The maximum atomic E-state index is 13.2. The van der Waals surface area contributed by atoms with Crippen molar-refractivity contribution in [2.45, 2.75) is 13.0 Å². The number of nitrogens with zero attached hydrogens (tertiary/aromatic N) is 1. The molecule has 1 N–H and O–H groups in total. The Hall–Kier alpha value is -2.43. The smallest absolute Gasteiger partial charge is 0.179 e. The van der Waals surface area contributed by atoms with Gasteiger partial charge in [0.25, 0.3) is 0 Å². The molecular weight excluding hydrogens is 312 g/mol. The molecule has 0 saturated carbocycles. The van der Waals surface area contributed by atoms with Gasteiger partial charge < -0.3 is 9.72 Å². The molecule has 0 bridgehead atoms. The molecule has 1 aromatic heterocycles. The second-order valence-electron chi connectivity index (χ2n) is 6.60. The summed E-state index contributed by atoms with van der Waals surface area (Å²) in [6.45, 7) is 4.71. The summed E-state index contributed by atoms with van der Waals surface area (Å²) in [6, 6.07) is 18.4. The molecule has 4 rings (SSSR count). The second-order valence-corrected chi connectivity index (χ2v) is 6.60. The molecule has 1 atom stereocenters. The van der Waals surface area contributed by atoms with Crippen LogP contribution in [0, 0.1) is 0 Å². The fourth-order valence-electron chi connectivity index (χ4n) is 3.51. The zero-order valence-corrected chi connectivity index (χ0v) is 14.4. The van der Waals surface area contributed by atoms with E-state index >= 15 is 0 Å². The summed E-state index contributed by atoms with van der Waals surface area (Å²) in [5, 5.41) is 0.993. The third kappa shape index (κ3) is 3.11. The number of nitrogens with one attached hydrogen (secondary N) is 1. The van der Waals surface area contributed by atoms with E-state index in [2.05, 4.69) is 16.8 Å². The van der Waals surface area contributed by atoms with Gasteiger partial charge in [-0.2, -0.15) is 0 Å². The third-order valence-corrected chi connectivity index (χ3v) is 4.90. The van der Waals surface area contributed by atoms with Crippen LogP contribution in [0.15, 0.2) is 54.6 Å². The molecule has 2 aromatic carbocycles. The number of H-pyrrole nitrogens is 1. The first kappa shape index (κ1) is 16.1. The minimum Gasteiger partial charge on any atom is -0.379 e. The minimum absolute atomic E-state index is 0.157. The number of morpholine rings is 1. The maximum Gasteiger partial charge on any atom is 0.179 e. The topological polar surface area (TPSA) is 45.3 Å². The maximum absolute atomic E-state index is 13.2. The lowest BCUT2D eigenvalue weighted by Crippen LogP contribution is -2.46. The summed E-state index contributed by atoms with van der Waals surface area (Å²) in [6.07, 6.45) is 0. The Bertz CT molecular complexity index is 885. The van der Waals surface area contributed by atoms with Crippen LogP contribution in [0.25, 0.3) is 22.2 Å². The Morgan fingerprint density at radius 3 is 2.72 bits per heavy atom. The van der Waals surface area contributed by atoms with Gasteiger partial charge in [0.2, 0.25) is 0 Å². The van der Waals surface area contributed by atoms with Crippen LogP contribution in [-0.2, 0) is 4.74 Å². The van der Waals surface area contributed by atoms with E-state index < -0.39 is 0 Å². The molecule has 4 heteroatoms. The molecular formula is C21H22N2O2. The zero-order valence-electron chi connectivity index (χ0n) is 14.4. The van der Waals surface area contributed by atoms with E-state index in [9.17, 15) is 4.79 Å². The molecule has 0 spiro atoms. The van der Waals surface area contributed by atoms with Crippen LogP contribution >= 0.6 is 0 Å². The highest BCUT2D eigenvalue weighted by atomic mass is 16.5. The molecule has 0 amide bonds. The fourth-order valence-corrected chi connectivity index (χ4v) is 3.51. The van der Waals surface area contributed by atoms with Crippen molar-refractivity contribution in [3.8, 4) is 11.3 Å². The van der Waals surface area contributed by atoms with Gasteiger partial charge >= 0.3 is 0 Å². The predicted molar refractivity (Wildman–Crippen MR) is 99.9 cm³/mol. The van der Waals surface area contributed by atoms with Crippen molar-refractivity contribution < 1.29 is 9.53 Å². The van der Waals surface area contributed by atoms with E-state index in [1.54, 1.807) is 0 Å². The van der Waals surface area contributed by atoms with Crippen molar-refractivity contribution in [1.82, 2.24) is 9.88 Å². The zero-order chi connectivity index (χ0) is 17.2. The Morgan fingerprint density at radius 1 is 1.16 bits per heavy atom. The number of ketones is 1. The summed E-state index contributed by atoms with van der Waals surface area (Å²) in [7, 11) is 0. The lowest BCUT2D eigenvalue weighted by molar-refractivity contribution is 0.00204. The number of aromatic amines is 1. The number of hydrogen-bond donors (Lipinski definition) is 1. The Morgan fingerprint density at radius 2 is 1.92 bits per heavy atom. The van der Waals surface area contributed by atoms with Crippen LogP contribution in [0.2, 0.25) is 0 Å². The highest BCUT2D eigenvalue weighted by molar-refractivity contribution is 6.14. The molecule has 1 aliphatic heterocycles. The summed E-state index contributed by atoms with van der Waals surface area (Å²) in [5.41, 5.74) is 3.74. The first-order valence-corrected chi connectivity index (χ1v) is 8.75. The lowest BCUT2D eigenvalue weighted by Gasteiger charge is -2.32. The molecule has 3 aromatic rings. The van der Waals surface area contributed by atoms with Gasteiger partial charge in [0, 0.05) is 23.5 Å². The van der Waals surface area contributed by atoms with Gasteiger partial charge in [0.1, 0.15) is 0 Å². The summed E-state index contributed by atoms with van der Waals surface area (Å²) in [5.74, 6) is 0.157. The number of benzene rings is 2. The number of aromatic nitrogens is 1. The summed E-state index contributed by atoms with van der Waals surface area (Å²) >= 11 is 0. The summed E-state index contributed by atoms with van der Waals surface area (Å²) in [4.78, 5) is 18.9. The van der Waals surface area contributed by atoms with E-state index in [0.29, 0.717) is 19.8 Å². The first-order chi connectivity index (χ1) is 12.2. The van der Waals surface area contributed by atoms with Gasteiger partial charge in [-0.25, -0.2) is 0 Å². The van der Waals surface area contributed by atoms with Gasteiger partial charge in [0.05, 0.1) is 31.0 Å². The number of carbonyl (C=O) groups excluding carboxylic acids is 1. The fraction of sp³-hybridized carbons (Fsp3) is 0.286. The Labute approximate surface area is 147 Å². The first-order valence-electron chi connectivity index (χ1n) is 8.75. The van der Waals surface area contributed by atoms with E-state index in [1.165, 1.54) is 0 Å². The quantitative estimate of drug-likeness (QED) is 0.739. The monoisotopic (exact) mass is 334 g/mol. The SMILES string of the molecule is C[C@@H]1COCCN1CC(=O)c1c(-c2ccccc2)[nH]c2ccccc12. The number of para-hydroxylation sites is 1. The van der Waals surface area contributed by atoms with Crippen molar-refractivity contribution in [2.75, 3.05) is 26.3 Å². The normalized spacial score (nSPS) is 18.5. The van der Waals surface area contributed by atoms with Crippen LogP contribution in [0.4, 0.5) is 0 Å². The average molecular weight is 334 g/mol. The van der Waals surface area contributed by atoms with E-state index in [-0.39, 0.29) is 11.8 Å². The van der Waals surface area contributed by atoms with Gasteiger partial charge in [-0.15, -0.1) is 0 Å². The van der Waals surface area contributed by atoms with Crippen LogP contribution in [0.5, 0.6) is 0 Å². The van der Waals surface area contributed by atoms with Crippen LogP contribution < -0.4 is 0 Å². The largest absolute Gasteiger partial charge is 0.379 e. The molecule has 128 valence electrons. The molecule has 4 nitrogen and oxygen atoms in total. The van der Waals surface area contributed by atoms with E-state index in [0.717, 1.165) is 34.3 Å². The molecule has 0 radical (unpaired) electrons.